The fraction of sp³-hybridized carbons (Fsp3) is 0.250. The number of rotatable bonds is 1. The number of nitrogens with zero attached hydrogens (tertiary/aromatic N) is 5. The second-order valence-corrected chi connectivity index (χ2v) is 2.68. The van der Waals surface area contributed by atoms with Gasteiger partial charge < -0.3 is 5.73 Å². The van der Waals surface area contributed by atoms with Gasteiger partial charge in [-0.3, -0.25) is 0 Å². The van der Waals surface area contributed by atoms with E-state index in [1.807, 2.05) is 0 Å². The van der Waals surface area contributed by atoms with Crippen LogP contribution in [0.5, 0.6) is 0 Å². The monoisotopic (exact) mass is 242 g/mol. The van der Waals surface area contributed by atoms with Crippen molar-refractivity contribution in [2.45, 2.75) is 6.18 Å². The van der Waals surface area contributed by atoms with Crippen LogP contribution in [0.15, 0.2) is 11.3 Å². The van der Waals surface area contributed by atoms with Crippen LogP contribution in [-0.4, -0.2) is 16.5 Å². The molecule has 0 aliphatic carbocycles. The third-order valence-corrected chi connectivity index (χ3v) is 1.51. The van der Waals surface area contributed by atoms with Crippen LogP contribution in [0.1, 0.15) is 11.3 Å². The second-order valence-electron chi connectivity index (χ2n) is 2.68. The number of hydrogen-bond donors (Lipinski definition) is 1. The summed E-state index contributed by atoms with van der Waals surface area (Å²) in [5, 5.41) is 3.06. The molecule has 1 rings (SSSR count). The van der Waals surface area contributed by atoms with Crippen LogP contribution >= 0.6 is 0 Å². The van der Waals surface area contributed by atoms with Crippen LogP contribution in [0.4, 0.5) is 19.1 Å². The Kier molecular flexibility index (Phi) is 3.74. The smallest absolute Gasteiger partial charge is 0.368 e. The van der Waals surface area contributed by atoms with Crippen molar-refractivity contribution in [3.05, 3.63) is 27.9 Å². The highest BCUT2D eigenvalue weighted by Crippen LogP contribution is 2.29. The Hall–Kier alpha value is -2.46. The number of hydrogen-bond acceptors (Lipinski definition) is 4. The van der Waals surface area contributed by atoms with Crippen molar-refractivity contribution in [1.29, 1.82) is 0 Å². The summed E-state index contributed by atoms with van der Waals surface area (Å²) in [5.74, 6) is 3.92. The first kappa shape index (κ1) is 12.6. The summed E-state index contributed by atoms with van der Waals surface area (Å²) in [5.41, 5.74) is 11.4. The zero-order valence-electron chi connectivity index (χ0n) is 8.23. The minimum Gasteiger partial charge on any atom is -0.368 e. The third kappa shape index (κ3) is 3.55. The fourth-order valence-electron chi connectivity index (χ4n) is 0.905. The van der Waals surface area contributed by atoms with E-state index < -0.39 is 23.4 Å². The molecule has 0 amide bonds. The number of nitrogens with two attached hydrogens (primary N) is 1. The van der Waals surface area contributed by atoms with Crippen molar-refractivity contribution in [2.24, 2.45) is 5.11 Å². The Balaban J connectivity index is 3.14. The van der Waals surface area contributed by atoms with Crippen LogP contribution in [0, 0.1) is 11.8 Å². The van der Waals surface area contributed by atoms with Gasteiger partial charge in [-0.1, -0.05) is 17.0 Å². The SMILES string of the molecule is [N-]=[N+]=NCC#Cc1cnc(N)nc1C(F)(F)F. The molecular weight excluding hydrogens is 237 g/mol. The van der Waals surface area contributed by atoms with Gasteiger partial charge >= 0.3 is 6.18 Å². The van der Waals surface area contributed by atoms with Crippen LogP contribution in [-0.2, 0) is 6.18 Å². The van der Waals surface area contributed by atoms with Crippen LogP contribution in [0.2, 0.25) is 0 Å². The van der Waals surface area contributed by atoms with E-state index in [0.717, 1.165) is 6.20 Å². The number of alkyl halides is 3. The number of aromatic nitrogens is 2. The molecule has 0 atom stereocenters. The summed E-state index contributed by atoms with van der Waals surface area (Å²) >= 11 is 0. The number of azide groups is 1. The lowest BCUT2D eigenvalue weighted by molar-refractivity contribution is -0.141. The van der Waals surface area contributed by atoms with Crippen molar-refractivity contribution in [3.63, 3.8) is 0 Å². The van der Waals surface area contributed by atoms with Gasteiger partial charge in [-0.05, 0) is 5.53 Å². The van der Waals surface area contributed by atoms with E-state index in [1.54, 1.807) is 0 Å². The lowest BCUT2D eigenvalue weighted by Gasteiger charge is -2.07. The predicted octanol–water partition coefficient (Wildman–Crippen LogP) is 1.74. The van der Waals surface area contributed by atoms with Crippen molar-refractivity contribution < 1.29 is 13.2 Å². The van der Waals surface area contributed by atoms with Crippen LogP contribution < -0.4 is 5.73 Å². The quantitative estimate of drug-likeness (QED) is 0.351. The van der Waals surface area contributed by atoms with Gasteiger partial charge in [-0.15, -0.1) is 0 Å². The molecule has 88 valence electrons. The second kappa shape index (κ2) is 5.05. The lowest BCUT2D eigenvalue weighted by atomic mass is 10.2. The zero-order chi connectivity index (χ0) is 12.9. The van der Waals surface area contributed by atoms with E-state index >= 15 is 0 Å². The summed E-state index contributed by atoms with van der Waals surface area (Å²) < 4.78 is 37.5. The molecule has 0 spiro atoms. The summed E-state index contributed by atoms with van der Waals surface area (Å²) in [6, 6.07) is 0. The largest absolute Gasteiger partial charge is 0.434 e. The molecule has 9 heteroatoms. The number of anilines is 1. The summed E-state index contributed by atoms with van der Waals surface area (Å²) in [6.45, 7) is -0.238. The van der Waals surface area contributed by atoms with Gasteiger partial charge in [0.05, 0.1) is 12.1 Å². The molecule has 17 heavy (non-hydrogen) atoms. The van der Waals surface area contributed by atoms with Gasteiger partial charge in [0.15, 0.2) is 5.69 Å². The number of halogens is 3. The van der Waals surface area contributed by atoms with Crippen LogP contribution in [0.3, 0.4) is 0 Å². The van der Waals surface area contributed by atoms with Crippen LogP contribution in [0.25, 0.3) is 10.4 Å². The maximum absolute atomic E-state index is 12.5. The Labute approximate surface area is 93.3 Å². The Morgan fingerprint density at radius 3 is 2.82 bits per heavy atom. The molecule has 0 saturated heterocycles. The van der Waals surface area contributed by atoms with E-state index in [0.29, 0.717) is 0 Å². The predicted molar refractivity (Wildman–Crippen MR) is 52.3 cm³/mol. The Morgan fingerprint density at radius 1 is 1.53 bits per heavy atom. The van der Waals surface area contributed by atoms with E-state index in [9.17, 15) is 13.2 Å². The van der Waals surface area contributed by atoms with Gasteiger partial charge in [-0.25, -0.2) is 9.97 Å². The molecule has 2 N–H and O–H groups in total. The van der Waals surface area contributed by atoms with Gasteiger partial charge in [0.25, 0.3) is 0 Å². The van der Waals surface area contributed by atoms with Gasteiger partial charge in [0.1, 0.15) is 0 Å². The van der Waals surface area contributed by atoms with E-state index in [4.69, 9.17) is 11.3 Å². The third-order valence-electron chi connectivity index (χ3n) is 1.51. The Bertz CT molecular complexity index is 520. The summed E-state index contributed by atoms with van der Waals surface area (Å²) in [7, 11) is 0. The average Bonchev–Trinajstić information content (AvgIpc) is 2.25. The maximum atomic E-state index is 12.5. The fourth-order valence-corrected chi connectivity index (χ4v) is 0.905. The molecule has 6 nitrogen and oxygen atoms in total. The van der Waals surface area contributed by atoms with Crippen molar-refractivity contribution in [3.8, 4) is 11.8 Å². The molecular formula is C8H5F3N6. The van der Waals surface area contributed by atoms with Gasteiger partial charge in [0, 0.05) is 11.1 Å². The normalized spacial score (nSPS) is 10.1. The highest BCUT2D eigenvalue weighted by molar-refractivity contribution is 5.40. The first-order valence-corrected chi connectivity index (χ1v) is 4.14. The summed E-state index contributed by atoms with van der Waals surface area (Å²) in [4.78, 5) is 8.89. The first-order chi connectivity index (χ1) is 7.95. The van der Waals surface area contributed by atoms with Gasteiger partial charge in [0.2, 0.25) is 5.95 Å². The topological polar surface area (TPSA) is 101 Å². The lowest BCUT2D eigenvalue weighted by Crippen LogP contribution is -2.13. The zero-order valence-corrected chi connectivity index (χ0v) is 8.23. The van der Waals surface area contributed by atoms with Crippen molar-refractivity contribution in [1.82, 2.24) is 9.97 Å². The average molecular weight is 242 g/mol. The molecule has 1 aromatic heterocycles. The molecule has 0 aromatic carbocycles. The molecule has 0 fully saturated rings. The number of nitrogen functional groups attached to an aromatic ring is 1. The van der Waals surface area contributed by atoms with Crippen molar-refractivity contribution >= 4 is 5.95 Å². The highest BCUT2D eigenvalue weighted by Gasteiger charge is 2.35. The van der Waals surface area contributed by atoms with Crippen molar-refractivity contribution in [2.75, 3.05) is 12.3 Å². The molecule has 0 radical (unpaired) electrons. The van der Waals surface area contributed by atoms with E-state index in [2.05, 4.69) is 31.8 Å². The first-order valence-electron chi connectivity index (χ1n) is 4.14. The standard InChI is InChI=1S/C8H5F3N6/c9-8(10,11)6-5(2-1-3-15-17-13)4-14-7(12)16-6/h4H,3H2,(H2,12,14,16). The molecule has 0 unspecified atom stereocenters. The molecule has 0 saturated carbocycles. The molecule has 0 bridgehead atoms. The minimum absolute atomic E-state index is 0.238. The highest BCUT2D eigenvalue weighted by atomic mass is 19.4. The molecule has 1 aromatic rings. The molecule has 1 heterocycles. The molecule has 0 aliphatic rings. The van der Waals surface area contributed by atoms with Gasteiger partial charge in [-0.2, -0.15) is 13.2 Å². The minimum atomic E-state index is -4.67. The van der Waals surface area contributed by atoms with E-state index in [1.165, 1.54) is 0 Å². The Morgan fingerprint density at radius 2 is 2.24 bits per heavy atom. The summed E-state index contributed by atoms with van der Waals surface area (Å²) in [6.07, 6.45) is -3.80. The van der Waals surface area contributed by atoms with E-state index in [-0.39, 0.29) is 6.54 Å². The molecule has 0 aliphatic heterocycles. The maximum Gasteiger partial charge on any atom is 0.434 e.